The molecule has 0 aliphatic heterocycles. The third kappa shape index (κ3) is 1.36. The molecular formula is C10H13N5O3. The van der Waals surface area contributed by atoms with Crippen LogP contribution in [0.5, 0.6) is 0 Å². The second-order valence-electron chi connectivity index (χ2n) is 4.43. The first-order chi connectivity index (χ1) is 8.69. The number of aliphatic hydroxyl groups excluding tert-OH is 2. The van der Waals surface area contributed by atoms with Crippen molar-refractivity contribution < 1.29 is 10.2 Å². The van der Waals surface area contributed by atoms with Gasteiger partial charge in [0.05, 0.1) is 12.4 Å². The third-order valence-corrected chi connectivity index (χ3v) is 3.53. The zero-order chi connectivity index (χ0) is 12.9. The van der Waals surface area contributed by atoms with E-state index >= 15 is 0 Å². The largest absolute Gasteiger partial charge is 0.396 e. The van der Waals surface area contributed by atoms with Crippen molar-refractivity contribution in [3.63, 3.8) is 0 Å². The van der Waals surface area contributed by atoms with Gasteiger partial charge in [-0.25, -0.2) is 4.98 Å². The van der Waals surface area contributed by atoms with Crippen LogP contribution in [0, 0.1) is 11.8 Å². The minimum absolute atomic E-state index is 0.0546. The number of nitrogens with two attached hydrogens (primary N) is 1. The number of aromatic nitrogens is 4. The number of hydrogen-bond acceptors (Lipinski definition) is 6. The summed E-state index contributed by atoms with van der Waals surface area (Å²) in [6.07, 6.45) is 1.38. The molecule has 0 spiro atoms. The second-order valence-corrected chi connectivity index (χ2v) is 4.43. The number of H-pyrrole nitrogens is 1. The van der Waals surface area contributed by atoms with E-state index in [4.69, 9.17) is 5.73 Å². The second kappa shape index (κ2) is 3.79. The van der Waals surface area contributed by atoms with Crippen molar-refractivity contribution >= 4 is 17.1 Å². The number of rotatable bonds is 3. The molecule has 96 valence electrons. The van der Waals surface area contributed by atoms with Crippen LogP contribution in [0.25, 0.3) is 11.2 Å². The lowest BCUT2D eigenvalue weighted by molar-refractivity contribution is 0.232. The first-order valence-corrected chi connectivity index (χ1v) is 5.61. The number of anilines is 1. The predicted molar refractivity (Wildman–Crippen MR) is 62.7 cm³/mol. The number of imidazole rings is 1. The van der Waals surface area contributed by atoms with Crippen molar-refractivity contribution in [3.8, 4) is 0 Å². The standard InChI is InChI=1S/C10H13N5O3/c11-10-14-8-6(12-3-13-8)9(18)15(10)7-4(1-16)5(7)2-17/h3-5,7,16-17H,1-2H2,(H2,11,14)(H,12,13). The fraction of sp³-hybridized carbons (Fsp3) is 0.500. The number of aliphatic hydroxyl groups is 2. The van der Waals surface area contributed by atoms with Crippen molar-refractivity contribution in [2.45, 2.75) is 6.04 Å². The quantitative estimate of drug-likeness (QED) is 0.523. The SMILES string of the molecule is Nc1nc2nc[nH]c2c(=O)n1C1C(CO)C1CO. The first-order valence-electron chi connectivity index (χ1n) is 5.61. The van der Waals surface area contributed by atoms with E-state index in [1.807, 2.05) is 0 Å². The molecule has 1 aliphatic rings. The summed E-state index contributed by atoms with van der Waals surface area (Å²) < 4.78 is 1.32. The van der Waals surface area contributed by atoms with E-state index in [-0.39, 0.29) is 53.8 Å². The van der Waals surface area contributed by atoms with Crippen LogP contribution >= 0.6 is 0 Å². The Bertz CT molecular complexity index is 638. The molecule has 8 nitrogen and oxygen atoms in total. The summed E-state index contributed by atoms with van der Waals surface area (Å²) in [5, 5.41) is 18.4. The van der Waals surface area contributed by atoms with E-state index in [0.717, 1.165) is 0 Å². The summed E-state index contributed by atoms with van der Waals surface area (Å²) in [6, 6.07) is -0.298. The highest BCUT2D eigenvalue weighted by atomic mass is 16.3. The third-order valence-electron chi connectivity index (χ3n) is 3.53. The lowest BCUT2D eigenvalue weighted by Gasteiger charge is -2.07. The number of fused-ring (bicyclic) bond motifs is 1. The van der Waals surface area contributed by atoms with Crippen LogP contribution in [0.4, 0.5) is 5.95 Å². The molecule has 0 bridgehead atoms. The smallest absolute Gasteiger partial charge is 0.281 e. The van der Waals surface area contributed by atoms with Crippen LogP contribution in [0.1, 0.15) is 6.04 Å². The van der Waals surface area contributed by atoms with E-state index in [9.17, 15) is 15.0 Å². The molecular weight excluding hydrogens is 238 g/mol. The van der Waals surface area contributed by atoms with Crippen LogP contribution in [0.2, 0.25) is 0 Å². The molecule has 0 aromatic carbocycles. The van der Waals surface area contributed by atoms with Gasteiger partial charge < -0.3 is 20.9 Å². The fourth-order valence-corrected chi connectivity index (χ4v) is 2.50. The number of nitrogens with one attached hydrogen (secondary N) is 1. The van der Waals surface area contributed by atoms with Gasteiger partial charge in [-0.2, -0.15) is 4.98 Å². The minimum Gasteiger partial charge on any atom is -0.396 e. The Hall–Kier alpha value is -1.93. The molecule has 1 aliphatic carbocycles. The molecule has 2 heterocycles. The summed E-state index contributed by atoms with van der Waals surface area (Å²) >= 11 is 0. The van der Waals surface area contributed by atoms with Crippen LogP contribution in [0.3, 0.4) is 0 Å². The van der Waals surface area contributed by atoms with Crippen molar-refractivity contribution in [3.05, 3.63) is 16.7 Å². The van der Waals surface area contributed by atoms with Crippen molar-refractivity contribution in [2.24, 2.45) is 11.8 Å². The molecule has 5 N–H and O–H groups in total. The van der Waals surface area contributed by atoms with E-state index in [2.05, 4.69) is 15.0 Å². The van der Waals surface area contributed by atoms with Gasteiger partial charge in [0, 0.05) is 25.0 Å². The van der Waals surface area contributed by atoms with Gasteiger partial charge in [-0.15, -0.1) is 0 Å². The van der Waals surface area contributed by atoms with Gasteiger partial charge in [0.1, 0.15) is 0 Å². The summed E-state index contributed by atoms with van der Waals surface area (Å²) in [4.78, 5) is 22.9. The lowest BCUT2D eigenvalue weighted by Crippen LogP contribution is -2.25. The molecule has 0 radical (unpaired) electrons. The average molecular weight is 251 g/mol. The summed E-state index contributed by atoms with van der Waals surface area (Å²) in [5.41, 5.74) is 5.99. The summed E-state index contributed by atoms with van der Waals surface area (Å²) in [7, 11) is 0. The highest BCUT2D eigenvalue weighted by Gasteiger charge is 2.52. The van der Waals surface area contributed by atoms with E-state index in [0.29, 0.717) is 0 Å². The van der Waals surface area contributed by atoms with Crippen molar-refractivity contribution in [1.29, 1.82) is 0 Å². The Morgan fingerprint density at radius 1 is 1.39 bits per heavy atom. The summed E-state index contributed by atoms with van der Waals surface area (Å²) in [6.45, 7) is -0.189. The maximum absolute atomic E-state index is 12.2. The van der Waals surface area contributed by atoms with E-state index in [1.54, 1.807) is 0 Å². The molecule has 3 rings (SSSR count). The van der Waals surface area contributed by atoms with Crippen molar-refractivity contribution in [2.75, 3.05) is 18.9 Å². The van der Waals surface area contributed by atoms with Gasteiger partial charge in [-0.05, 0) is 0 Å². The van der Waals surface area contributed by atoms with Gasteiger partial charge in [0.15, 0.2) is 11.2 Å². The minimum atomic E-state index is -0.325. The van der Waals surface area contributed by atoms with Gasteiger partial charge in [-0.1, -0.05) is 0 Å². The maximum Gasteiger partial charge on any atom is 0.281 e. The van der Waals surface area contributed by atoms with Gasteiger partial charge >= 0.3 is 0 Å². The highest BCUT2D eigenvalue weighted by Crippen LogP contribution is 2.49. The molecule has 0 amide bonds. The monoisotopic (exact) mass is 251 g/mol. The van der Waals surface area contributed by atoms with Crippen LogP contribution in [-0.4, -0.2) is 42.9 Å². The number of aromatic amines is 1. The first kappa shape index (κ1) is 11.2. The summed E-state index contributed by atoms with van der Waals surface area (Å²) in [5.74, 6) is -0.256. The topological polar surface area (TPSA) is 130 Å². The van der Waals surface area contributed by atoms with Gasteiger partial charge in [0.2, 0.25) is 5.95 Å². The van der Waals surface area contributed by atoms with Crippen LogP contribution < -0.4 is 11.3 Å². The number of hydrogen-bond donors (Lipinski definition) is 4. The zero-order valence-electron chi connectivity index (χ0n) is 9.45. The van der Waals surface area contributed by atoms with Crippen molar-refractivity contribution in [1.82, 2.24) is 19.5 Å². The molecule has 2 aromatic rings. The molecule has 2 atom stereocenters. The normalized spacial score (nSPS) is 26.7. The average Bonchev–Trinajstić information content (AvgIpc) is 2.84. The predicted octanol–water partition coefficient (Wildman–Crippen LogP) is -1.53. The van der Waals surface area contributed by atoms with Gasteiger partial charge in [-0.3, -0.25) is 9.36 Å². The molecule has 18 heavy (non-hydrogen) atoms. The Balaban J connectivity index is 2.15. The van der Waals surface area contributed by atoms with Crippen LogP contribution in [-0.2, 0) is 0 Å². The van der Waals surface area contributed by atoms with E-state index < -0.39 is 0 Å². The molecule has 8 heteroatoms. The molecule has 2 aromatic heterocycles. The highest BCUT2D eigenvalue weighted by molar-refractivity contribution is 5.69. The molecule has 1 fully saturated rings. The molecule has 0 saturated heterocycles. The molecule has 1 saturated carbocycles. The molecule has 2 unspecified atom stereocenters. The Kier molecular flexibility index (Phi) is 2.35. The number of nitrogens with zero attached hydrogens (tertiary/aromatic N) is 3. The van der Waals surface area contributed by atoms with Gasteiger partial charge in [0.25, 0.3) is 5.56 Å². The van der Waals surface area contributed by atoms with E-state index in [1.165, 1.54) is 10.9 Å². The fourth-order valence-electron chi connectivity index (χ4n) is 2.50. The zero-order valence-corrected chi connectivity index (χ0v) is 9.45. The Morgan fingerprint density at radius 2 is 2.06 bits per heavy atom. The maximum atomic E-state index is 12.2. The Labute approximate surface area is 101 Å². The lowest BCUT2D eigenvalue weighted by atomic mass is 10.3. The Morgan fingerprint density at radius 3 is 2.67 bits per heavy atom. The number of nitrogen functional groups attached to an aromatic ring is 1. The van der Waals surface area contributed by atoms with Crippen LogP contribution in [0.15, 0.2) is 11.1 Å².